The molecule has 0 radical (unpaired) electrons. The predicted octanol–water partition coefficient (Wildman–Crippen LogP) is -1.64. The van der Waals surface area contributed by atoms with E-state index in [0.717, 1.165) is 18.2 Å². The van der Waals surface area contributed by atoms with Crippen molar-refractivity contribution in [3.8, 4) is 0 Å². The highest BCUT2D eigenvalue weighted by atomic mass is 32.2. The number of carbonyl (C=O) groups excluding carboxylic acids is 1. The normalized spacial score (nSPS) is 12.1. The summed E-state index contributed by atoms with van der Waals surface area (Å²) in [6.07, 6.45) is -2.01. The molecular weight excluding hydrogens is 298 g/mol. The number of hydrogen-bond acceptors (Lipinski definition) is 8. The van der Waals surface area contributed by atoms with Gasteiger partial charge in [-0.05, 0) is 6.07 Å². The fourth-order valence-electron chi connectivity index (χ4n) is 1.04. The average molecular weight is 309 g/mol. The SMILES string of the molecule is O.O=C(OS(=O)(=O)c1cccc([N+](=O)[O-])c1)C(O)CO. The predicted molar refractivity (Wildman–Crippen MR) is 63.1 cm³/mol. The van der Waals surface area contributed by atoms with Gasteiger partial charge in [-0.2, -0.15) is 8.42 Å². The second-order valence-corrected chi connectivity index (χ2v) is 4.86. The summed E-state index contributed by atoms with van der Waals surface area (Å²) in [7, 11) is -4.60. The van der Waals surface area contributed by atoms with E-state index in [9.17, 15) is 23.3 Å². The molecule has 4 N–H and O–H groups in total. The smallest absolute Gasteiger partial charge is 0.353 e. The molecule has 112 valence electrons. The average Bonchev–Trinajstić information content (AvgIpc) is 2.37. The second-order valence-electron chi connectivity index (χ2n) is 3.31. The first-order valence-corrected chi connectivity index (χ1v) is 6.20. The monoisotopic (exact) mass is 309 g/mol. The molecule has 10 nitrogen and oxygen atoms in total. The van der Waals surface area contributed by atoms with Crippen molar-refractivity contribution in [2.45, 2.75) is 11.0 Å². The number of nitro benzene ring substituents is 1. The van der Waals surface area contributed by atoms with Gasteiger partial charge >= 0.3 is 16.1 Å². The number of non-ortho nitro benzene ring substituents is 1. The highest BCUT2D eigenvalue weighted by Crippen LogP contribution is 2.19. The van der Waals surface area contributed by atoms with Gasteiger partial charge in [-0.25, -0.2) is 4.79 Å². The molecule has 0 bridgehead atoms. The maximum Gasteiger partial charge on any atom is 0.353 e. The Hall–Kier alpha value is -2.08. The van der Waals surface area contributed by atoms with E-state index >= 15 is 0 Å². The summed E-state index contributed by atoms with van der Waals surface area (Å²) in [6, 6.07) is 3.85. The molecule has 0 saturated heterocycles. The van der Waals surface area contributed by atoms with Crippen molar-refractivity contribution in [2.75, 3.05) is 6.61 Å². The summed E-state index contributed by atoms with van der Waals surface area (Å²) in [5.74, 6) is -1.57. The molecule has 0 aliphatic heterocycles. The maximum atomic E-state index is 11.6. The van der Waals surface area contributed by atoms with Gasteiger partial charge < -0.3 is 19.9 Å². The van der Waals surface area contributed by atoms with E-state index in [4.69, 9.17) is 10.2 Å². The van der Waals surface area contributed by atoms with Crippen molar-refractivity contribution < 1.29 is 38.0 Å². The molecule has 0 aliphatic rings. The number of hydrogen-bond donors (Lipinski definition) is 2. The molecule has 0 fully saturated rings. The standard InChI is InChI=1S/C9H9NO8S.H2O/c11-5-8(12)9(13)18-19(16,17)7-3-1-2-6(4-7)10(14)15;/h1-4,8,11-12H,5H2;1H2. The first-order chi connectivity index (χ1) is 8.77. The Balaban J connectivity index is 0.00000361. The minimum atomic E-state index is -4.60. The topological polar surface area (TPSA) is 176 Å². The lowest BCUT2D eigenvalue weighted by atomic mass is 10.3. The molecule has 0 amide bonds. The van der Waals surface area contributed by atoms with Crippen molar-refractivity contribution >= 4 is 21.8 Å². The van der Waals surface area contributed by atoms with Crippen LogP contribution in [0.5, 0.6) is 0 Å². The summed E-state index contributed by atoms with van der Waals surface area (Å²) in [5, 5.41) is 27.8. The Labute approximate surface area is 112 Å². The van der Waals surface area contributed by atoms with E-state index in [1.54, 1.807) is 0 Å². The molecule has 1 rings (SSSR count). The van der Waals surface area contributed by atoms with Gasteiger partial charge in [-0.15, -0.1) is 0 Å². The lowest BCUT2D eigenvalue weighted by Crippen LogP contribution is -2.28. The molecule has 0 aliphatic carbocycles. The summed E-state index contributed by atoms with van der Waals surface area (Å²) < 4.78 is 27.2. The van der Waals surface area contributed by atoms with E-state index in [0.29, 0.717) is 6.07 Å². The van der Waals surface area contributed by atoms with Crippen molar-refractivity contribution in [1.82, 2.24) is 0 Å². The molecule has 1 atom stereocenters. The summed E-state index contributed by atoms with van der Waals surface area (Å²) in [5.41, 5.74) is -0.500. The van der Waals surface area contributed by atoms with Crippen LogP contribution in [0, 0.1) is 10.1 Å². The molecule has 0 saturated carbocycles. The van der Waals surface area contributed by atoms with Crippen LogP contribution >= 0.6 is 0 Å². The molecule has 0 spiro atoms. The van der Waals surface area contributed by atoms with Crippen LogP contribution in [0.2, 0.25) is 0 Å². The molecule has 1 unspecified atom stereocenters. The van der Waals surface area contributed by atoms with Gasteiger partial charge in [-0.1, -0.05) is 6.07 Å². The first-order valence-electron chi connectivity index (χ1n) is 4.79. The molecule has 1 aromatic rings. The Morgan fingerprint density at radius 2 is 2.05 bits per heavy atom. The largest absolute Gasteiger partial charge is 0.412 e. The Morgan fingerprint density at radius 3 is 2.55 bits per heavy atom. The van der Waals surface area contributed by atoms with Crippen molar-refractivity contribution in [1.29, 1.82) is 0 Å². The fourth-order valence-corrected chi connectivity index (χ4v) is 1.97. The van der Waals surface area contributed by atoms with Crippen LogP contribution in [-0.4, -0.2) is 47.7 Å². The van der Waals surface area contributed by atoms with Crippen molar-refractivity contribution in [2.24, 2.45) is 0 Å². The van der Waals surface area contributed by atoms with Gasteiger partial charge in [0, 0.05) is 12.1 Å². The highest BCUT2D eigenvalue weighted by molar-refractivity contribution is 7.87. The number of rotatable bonds is 5. The van der Waals surface area contributed by atoms with Crippen LogP contribution in [0.1, 0.15) is 0 Å². The number of aliphatic hydroxyl groups excluding tert-OH is 2. The second kappa shape index (κ2) is 6.91. The fraction of sp³-hybridized carbons (Fsp3) is 0.222. The summed E-state index contributed by atoms with van der Waals surface area (Å²) in [4.78, 5) is 20.1. The zero-order chi connectivity index (χ0) is 14.6. The molecule has 0 heterocycles. The summed E-state index contributed by atoms with van der Waals surface area (Å²) >= 11 is 0. The van der Waals surface area contributed by atoms with E-state index in [2.05, 4.69) is 4.18 Å². The zero-order valence-corrected chi connectivity index (χ0v) is 10.6. The Kier molecular flexibility index (Phi) is 6.19. The minimum Gasteiger partial charge on any atom is -0.412 e. The van der Waals surface area contributed by atoms with Crippen molar-refractivity contribution in [3.05, 3.63) is 34.4 Å². The highest BCUT2D eigenvalue weighted by Gasteiger charge is 2.26. The maximum absolute atomic E-state index is 11.6. The third-order valence-electron chi connectivity index (χ3n) is 1.95. The molecular formula is C9H11NO9S. The zero-order valence-electron chi connectivity index (χ0n) is 9.79. The van der Waals surface area contributed by atoms with Crippen LogP contribution < -0.4 is 0 Å². The van der Waals surface area contributed by atoms with Crippen LogP contribution in [0.15, 0.2) is 29.2 Å². The van der Waals surface area contributed by atoms with Crippen molar-refractivity contribution in [3.63, 3.8) is 0 Å². The number of benzene rings is 1. The van der Waals surface area contributed by atoms with E-state index in [1.165, 1.54) is 0 Å². The molecule has 1 aromatic carbocycles. The van der Waals surface area contributed by atoms with Crippen LogP contribution in [-0.2, 0) is 19.1 Å². The first kappa shape index (κ1) is 17.9. The molecule has 20 heavy (non-hydrogen) atoms. The minimum absolute atomic E-state index is 0. The Morgan fingerprint density at radius 1 is 1.45 bits per heavy atom. The van der Waals surface area contributed by atoms with Gasteiger partial charge in [0.05, 0.1) is 11.5 Å². The third-order valence-corrected chi connectivity index (χ3v) is 3.17. The number of nitrogens with zero attached hydrogens (tertiary/aromatic N) is 1. The number of aliphatic hydroxyl groups is 2. The quantitative estimate of drug-likeness (QED) is 0.369. The lowest BCUT2D eigenvalue weighted by Gasteiger charge is -2.08. The van der Waals surface area contributed by atoms with Crippen LogP contribution in [0.4, 0.5) is 5.69 Å². The van der Waals surface area contributed by atoms with E-state index in [1.807, 2.05) is 0 Å². The number of carbonyl (C=O) groups is 1. The van der Waals surface area contributed by atoms with Crippen LogP contribution in [0.25, 0.3) is 0 Å². The van der Waals surface area contributed by atoms with Crippen LogP contribution in [0.3, 0.4) is 0 Å². The van der Waals surface area contributed by atoms with E-state index in [-0.39, 0.29) is 5.48 Å². The van der Waals surface area contributed by atoms with Gasteiger partial charge in [0.2, 0.25) is 0 Å². The van der Waals surface area contributed by atoms with Gasteiger partial charge in [0.25, 0.3) is 5.69 Å². The Bertz CT molecular complexity index is 597. The molecule has 0 aromatic heterocycles. The van der Waals surface area contributed by atoms with Gasteiger partial charge in [-0.3, -0.25) is 10.1 Å². The number of nitro groups is 1. The lowest BCUT2D eigenvalue weighted by molar-refractivity contribution is -0.385. The van der Waals surface area contributed by atoms with Gasteiger partial charge in [0.15, 0.2) is 6.10 Å². The molecule has 11 heteroatoms. The third kappa shape index (κ3) is 4.24. The van der Waals surface area contributed by atoms with E-state index < -0.39 is 44.3 Å². The summed E-state index contributed by atoms with van der Waals surface area (Å²) in [6.45, 7) is -1.01. The van der Waals surface area contributed by atoms with Gasteiger partial charge in [0.1, 0.15) is 4.90 Å².